The van der Waals surface area contributed by atoms with E-state index in [2.05, 4.69) is 22.3 Å². The summed E-state index contributed by atoms with van der Waals surface area (Å²) in [6.45, 7) is 3.60. The van der Waals surface area contributed by atoms with E-state index in [-0.39, 0.29) is 0 Å². The van der Waals surface area contributed by atoms with Gasteiger partial charge in [-0.05, 0) is 36.7 Å². The van der Waals surface area contributed by atoms with Crippen molar-refractivity contribution >= 4 is 0 Å². The van der Waals surface area contributed by atoms with Gasteiger partial charge in [-0.2, -0.15) is 18.3 Å². The summed E-state index contributed by atoms with van der Waals surface area (Å²) >= 11 is 0. The van der Waals surface area contributed by atoms with Crippen LogP contribution in [-0.4, -0.2) is 21.3 Å². The molecule has 0 fully saturated rings. The zero-order valence-corrected chi connectivity index (χ0v) is 11.0. The Labute approximate surface area is 114 Å². The van der Waals surface area contributed by atoms with Gasteiger partial charge in [-0.25, -0.2) is 9.67 Å². The maximum Gasteiger partial charge on any atom is 0.435 e. The zero-order valence-electron chi connectivity index (χ0n) is 11.0. The molecule has 20 heavy (non-hydrogen) atoms. The van der Waals surface area contributed by atoms with Crippen molar-refractivity contribution in [3.8, 4) is 5.82 Å². The van der Waals surface area contributed by atoms with Crippen molar-refractivity contribution in [2.24, 2.45) is 0 Å². The van der Waals surface area contributed by atoms with E-state index in [0.717, 1.165) is 29.3 Å². The van der Waals surface area contributed by atoms with Gasteiger partial charge in [0.05, 0.1) is 0 Å². The molecule has 0 aliphatic heterocycles. The topological polar surface area (TPSA) is 42.7 Å². The molecule has 0 atom stereocenters. The van der Waals surface area contributed by atoms with E-state index >= 15 is 0 Å². The number of halogens is 3. The summed E-state index contributed by atoms with van der Waals surface area (Å²) in [5, 5.41) is 6.72. The molecule has 108 valence electrons. The summed E-state index contributed by atoms with van der Waals surface area (Å²) in [6, 6.07) is 4.47. The summed E-state index contributed by atoms with van der Waals surface area (Å²) in [5.74, 6) is 0.372. The highest BCUT2D eigenvalue weighted by molar-refractivity contribution is 5.27. The van der Waals surface area contributed by atoms with Crippen molar-refractivity contribution in [2.75, 3.05) is 6.54 Å². The van der Waals surface area contributed by atoms with E-state index in [0.29, 0.717) is 12.4 Å². The van der Waals surface area contributed by atoms with Crippen molar-refractivity contribution in [2.45, 2.75) is 26.1 Å². The van der Waals surface area contributed by atoms with Crippen molar-refractivity contribution in [1.82, 2.24) is 20.1 Å². The van der Waals surface area contributed by atoms with Gasteiger partial charge >= 0.3 is 6.18 Å². The van der Waals surface area contributed by atoms with Crippen molar-refractivity contribution in [3.05, 3.63) is 41.9 Å². The van der Waals surface area contributed by atoms with Crippen molar-refractivity contribution in [3.63, 3.8) is 0 Å². The van der Waals surface area contributed by atoms with Crippen LogP contribution in [0.15, 0.2) is 30.6 Å². The van der Waals surface area contributed by atoms with Crippen LogP contribution < -0.4 is 5.32 Å². The normalized spacial score (nSPS) is 11.8. The largest absolute Gasteiger partial charge is 0.435 e. The minimum Gasteiger partial charge on any atom is -0.313 e. The monoisotopic (exact) mass is 284 g/mol. The van der Waals surface area contributed by atoms with Crippen LogP contribution in [0.3, 0.4) is 0 Å². The van der Waals surface area contributed by atoms with Gasteiger partial charge in [0.25, 0.3) is 0 Å². The lowest BCUT2D eigenvalue weighted by Crippen LogP contribution is -2.14. The van der Waals surface area contributed by atoms with Gasteiger partial charge < -0.3 is 5.32 Å². The summed E-state index contributed by atoms with van der Waals surface area (Å²) in [7, 11) is 0. The summed E-state index contributed by atoms with van der Waals surface area (Å²) in [5.41, 5.74) is 0.0290. The molecule has 0 aromatic carbocycles. The third-order valence-electron chi connectivity index (χ3n) is 2.68. The lowest BCUT2D eigenvalue weighted by Gasteiger charge is -2.06. The fraction of sp³-hybridized carbons (Fsp3) is 0.385. The molecular weight excluding hydrogens is 269 g/mol. The molecule has 4 nitrogen and oxygen atoms in total. The zero-order chi connectivity index (χ0) is 14.6. The lowest BCUT2D eigenvalue weighted by atomic mass is 10.2. The van der Waals surface area contributed by atoms with E-state index in [1.54, 1.807) is 12.3 Å². The maximum absolute atomic E-state index is 12.5. The number of aromatic nitrogens is 3. The Morgan fingerprint density at radius 2 is 2.10 bits per heavy atom. The average Bonchev–Trinajstić information content (AvgIpc) is 2.89. The molecule has 0 aliphatic rings. The van der Waals surface area contributed by atoms with E-state index in [4.69, 9.17) is 0 Å². The maximum atomic E-state index is 12.5. The number of hydrogen-bond acceptors (Lipinski definition) is 3. The van der Waals surface area contributed by atoms with Crippen LogP contribution in [-0.2, 0) is 12.7 Å². The number of rotatable bonds is 5. The van der Waals surface area contributed by atoms with Crippen molar-refractivity contribution < 1.29 is 13.2 Å². The first-order valence-corrected chi connectivity index (χ1v) is 6.29. The average molecular weight is 284 g/mol. The molecule has 2 aromatic heterocycles. The van der Waals surface area contributed by atoms with Gasteiger partial charge in [0.15, 0.2) is 11.5 Å². The highest BCUT2D eigenvalue weighted by Crippen LogP contribution is 2.27. The molecule has 0 radical (unpaired) electrons. The smallest absolute Gasteiger partial charge is 0.313 e. The molecule has 2 heterocycles. The number of pyridine rings is 1. The third kappa shape index (κ3) is 3.57. The van der Waals surface area contributed by atoms with Gasteiger partial charge in [-0.3, -0.25) is 0 Å². The van der Waals surface area contributed by atoms with Crippen LogP contribution in [0.2, 0.25) is 0 Å². The molecule has 0 aliphatic carbocycles. The van der Waals surface area contributed by atoms with Crippen LogP contribution in [0.5, 0.6) is 0 Å². The highest BCUT2D eigenvalue weighted by Gasteiger charge is 2.33. The SMILES string of the molecule is CCCNCc1ccnc(-n2ccc(C(F)(F)F)n2)c1. The Balaban J connectivity index is 2.16. The highest BCUT2D eigenvalue weighted by atomic mass is 19.4. The quantitative estimate of drug-likeness (QED) is 0.859. The third-order valence-corrected chi connectivity index (χ3v) is 2.68. The van der Waals surface area contributed by atoms with Crippen LogP contribution in [0.1, 0.15) is 24.6 Å². The minimum absolute atomic E-state index is 0.372. The number of alkyl halides is 3. The fourth-order valence-corrected chi connectivity index (χ4v) is 1.71. The van der Waals surface area contributed by atoms with Gasteiger partial charge in [0, 0.05) is 18.9 Å². The van der Waals surface area contributed by atoms with E-state index in [9.17, 15) is 13.2 Å². The second-order valence-corrected chi connectivity index (χ2v) is 4.34. The van der Waals surface area contributed by atoms with E-state index in [1.807, 2.05) is 6.07 Å². The predicted octanol–water partition coefficient (Wildman–Crippen LogP) is 2.79. The molecule has 0 unspecified atom stereocenters. The Kier molecular flexibility index (Phi) is 4.39. The Hall–Kier alpha value is -1.89. The van der Waals surface area contributed by atoms with Gasteiger partial charge in [-0.15, -0.1) is 0 Å². The van der Waals surface area contributed by atoms with Crippen LogP contribution in [0, 0.1) is 0 Å². The molecule has 7 heteroatoms. The standard InChI is InChI=1S/C13H15F3N4/c1-2-5-17-9-10-3-6-18-12(8-10)20-7-4-11(19-20)13(14,15)16/h3-4,6-8,17H,2,5,9H2,1H3. The molecule has 0 amide bonds. The summed E-state index contributed by atoms with van der Waals surface area (Å²) in [6.07, 6.45) is -0.598. The summed E-state index contributed by atoms with van der Waals surface area (Å²) < 4.78 is 38.6. The van der Waals surface area contributed by atoms with Gasteiger partial charge in [0.2, 0.25) is 0 Å². The van der Waals surface area contributed by atoms with E-state index in [1.165, 1.54) is 6.20 Å². The molecular formula is C13H15F3N4. The lowest BCUT2D eigenvalue weighted by molar-refractivity contribution is -0.141. The molecule has 0 bridgehead atoms. The molecule has 0 saturated heterocycles. The second kappa shape index (κ2) is 6.04. The van der Waals surface area contributed by atoms with Crippen LogP contribution >= 0.6 is 0 Å². The van der Waals surface area contributed by atoms with E-state index < -0.39 is 11.9 Å². The van der Waals surface area contributed by atoms with Crippen LogP contribution in [0.25, 0.3) is 5.82 Å². The first-order valence-electron chi connectivity index (χ1n) is 6.29. The molecule has 2 rings (SSSR count). The number of nitrogens with zero attached hydrogens (tertiary/aromatic N) is 3. The van der Waals surface area contributed by atoms with Crippen LogP contribution in [0.4, 0.5) is 13.2 Å². The minimum atomic E-state index is -4.44. The molecule has 1 N–H and O–H groups in total. The Morgan fingerprint density at radius 3 is 2.75 bits per heavy atom. The van der Waals surface area contributed by atoms with Gasteiger partial charge in [-0.1, -0.05) is 6.92 Å². The predicted molar refractivity (Wildman–Crippen MR) is 68.4 cm³/mol. The first-order chi connectivity index (χ1) is 9.50. The first kappa shape index (κ1) is 14.5. The Morgan fingerprint density at radius 1 is 1.30 bits per heavy atom. The summed E-state index contributed by atoms with van der Waals surface area (Å²) in [4.78, 5) is 4.04. The number of nitrogens with one attached hydrogen (secondary N) is 1. The molecule has 0 spiro atoms. The molecule has 2 aromatic rings. The number of hydrogen-bond donors (Lipinski definition) is 1. The van der Waals surface area contributed by atoms with Crippen molar-refractivity contribution in [1.29, 1.82) is 0 Å². The molecule has 0 saturated carbocycles. The Bertz CT molecular complexity index is 563. The fourth-order valence-electron chi connectivity index (χ4n) is 1.71. The van der Waals surface area contributed by atoms with Gasteiger partial charge in [0.1, 0.15) is 0 Å². The second-order valence-electron chi connectivity index (χ2n) is 4.34.